The van der Waals surface area contributed by atoms with Gasteiger partial charge in [-0.2, -0.15) is 0 Å². The van der Waals surface area contributed by atoms with Crippen molar-refractivity contribution in [2.75, 3.05) is 26.4 Å². The molecule has 0 spiro atoms. The lowest BCUT2D eigenvalue weighted by molar-refractivity contribution is -0.129. The number of rotatable bonds is 10. The molecule has 0 aliphatic carbocycles. The number of hydrogen-bond donors (Lipinski definition) is 0. The summed E-state index contributed by atoms with van der Waals surface area (Å²) in [5.74, 6) is 1.12. The SMILES string of the molecule is Cc1ccc(OCCOCCOc2ccc(Cl)cc2/C=C2\N=C(c3ccccc3)OC2=O)cc1. The van der Waals surface area contributed by atoms with Crippen LogP contribution in [0.15, 0.2) is 83.5 Å². The van der Waals surface area contributed by atoms with Crippen molar-refractivity contribution in [3.63, 3.8) is 0 Å². The lowest BCUT2D eigenvalue weighted by Crippen LogP contribution is -2.12. The van der Waals surface area contributed by atoms with E-state index in [0.717, 1.165) is 11.3 Å². The van der Waals surface area contributed by atoms with Crippen LogP contribution in [0.2, 0.25) is 5.02 Å². The van der Waals surface area contributed by atoms with Crippen LogP contribution in [0.1, 0.15) is 16.7 Å². The Labute approximate surface area is 203 Å². The summed E-state index contributed by atoms with van der Waals surface area (Å²) in [6.45, 7) is 3.63. The Morgan fingerprint density at radius 2 is 1.65 bits per heavy atom. The second kappa shape index (κ2) is 11.5. The molecule has 1 aliphatic rings. The van der Waals surface area contributed by atoms with Gasteiger partial charge in [-0.3, -0.25) is 0 Å². The predicted molar refractivity (Wildman–Crippen MR) is 131 cm³/mol. The van der Waals surface area contributed by atoms with Gasteiger partial charge in [0.15, 0.2) is 5.70 Å². The fourth-order valence-corrected chi connectivity index (χ4v) is 3.37. The Morgan fingerprint density at radius 3 is 2.41 bits per heavy atom. The van der Waals surface area contributed by atoms with Gasteiger partial charge in [-0.05, 0) is 55.5 Å². The Balaban J connectivity index is 1.31. The molecule has 7 heteroatoms. The second-order valence-corrected chi connectivity index (χ2v) is 7.94. The zero-order chi connectivity index (χ0) is 23.8. The summed E-state index contributed by atoms with van der Waals surface area (Å²) in [7, 11) is 0. The lowest BCUT2D eigenvalue weighted by atomic mass is 10.1. The van der Waals surface area contributed by atoms with Gasteiger partial charge in [0.25, 0.3) is 0 Å². The fourth-order valence-electron chi connectivity index (χ4n) is 3.19. The van der Waals surface area contributed by atoms with Crippen molar-refractivity contribution in [3.05, 3.63) is 100 Å². The molecular formula is C27H24ClNO5. The molecule has 6 nitrogen and oxygen atoms in total. The van der Waals surface area contributed by atoms with Crippen LogP contribution in [0.4, 0.5) is 0 Å². The molecule has 0 bridgehead atoms. The van der Waals surface area contributed by atoms with E-state index in [4.69, 9.17) is 30.5 Å². The highest BCUT2D eigenvalue weighted by molar-refractivity contribution is 6.30. The first-order chi connectivity index (χ1) is 16.6. The Hall–Kier alpha value is -3.61. The maximum atomic E-state index is 12.3. The molecule has 0 N–H and O–H groups in total. The third-order valence-electron chi connectivity index (χ3n) is 4.91. The van der Waals surface area contributed by atoms with Crippen molar-refractivity contribution in [1.82, 2.24) is 0 Å². The van der Waals surface area contributed by atoms with Gasteiger partial charge in [-0.1, -0.05) is 47.5 Å². The normalized spacial score (nSPS) is 14.1. The van der Waals surface area contributed by atoms with Gasteiger partial charge in [0.2, 0.25) is 5.90 Å². The van der Waals surface area contributed by atoms with Crippen LogP contribution in [0.3, 0.4) is 0 Å². The van der Waals surface area contributed by atoms with Crippen LogP contribution >= 0.6 is 11.6 Å². The van der Waals surface area contributed by atoms with Crippen LogP contribution in [-0.4, -0.2) is 38.3 Å². The topological polar surface area (TPSA) is 66.3 Å². The molecule has 34 heavy (non-hydrogen) atoms. The van der Waals surface area contributed by atoms with E-state index < -0.39 is 5.97 Å². The Bertz CT molecular complexity index is 1190. The van der Waals surface area contributed by atoms with Gasteiger partial charge in [0.05, 0.1) is 13.2 Å². The van der Waals surface area contributed by atoms with Crippen LogP contribution in [0, 0.1) is 6.92 Å². The Morgan fingerprint density at radius 1 is 0.912 bits per heavy atom. The number of aryl methyl sites for hydroxylation is 1. The highest BCUT2D eigenvalue weighted by Crippen LogP contribution is 2.27. The number of benzene rings is 3. The first-order valence-corrected chi connectivity index (χ1v) is 11.2. The number of hydrogen-bond acceptors (Lipinski definition) is 6. The number of nitrogens with zero attached hydrogens (tertiary/aromatic N) is 1. The first kappa shape index (κ1) is 23.5. The Kier molecular flexibility index (Phi) is 7.96. The molecule has 0 saturated carbocycles. The van der Waals surface area contributed by atoms with Crippen LogP contribution in [0.25, 0.3) is 6.08 Å². The molecule has 0 atom stereocenters. The van der Waals surface area contributed by atoms with Gasteiger partial charge < -0.3 is 18.9 Å². The molecule has 0 unspecified atom stereocenters. The van der Waals surface area contributed by atoms with E-state index in [0.29, 0.717) is 42.8 Å². The minimum absolute atomic E-state index is 0.176. The number of esters is 1. The van der Waals surface area contributed by atoms with E-state index >= 15 is 0 Å². The molecule has 1 heterocycles. The molecule has 0 aromatic heterocycles. The van der Waals surface area contributed by atoms with Crippen molar-refractivity contribution in [2.45, 2.75) is 6.92 Å². The third-order valence-corrected chi connectivity index (χ3v) is 5.14. The van der Waals surface area contributed by atoms with Crippen molar-refractivity contribution in [2.24, 2.45) is 4.99 Å². The maximum absolute atomic E-state index is 12.3. The van der Waals surface area contributed by atoms with Gasteiger partial charge in [-0.15, -0.1) is 0 Å². The first-order valence-electron chi connectivity index (χ1n) is 10.9. The molecule has 0 amide bonds. The molecule has 1 aliphatic heterocycles. The maximum Gasteiger partial charge on any atom is 0.363 e. The van der Waals surface area contributed by atoms with Crippen molar-refractivity contribution in [1.29, 1.82) is 0 Å². The molecular weight excluding hydrogens is 454 g/mol. The van der Waals surface area contributed by atoms with Gasteiger partial charge in [0.1, 0.15) is 24.7 Å². The summed E-state index contributed by atoms with van der Waals surface area (Å²) in [5, 5.41) is 0.516. The summed E-state index contributed by atoms with van der Waals surface area (Å²) in [6, 6.07) is 22.3. The summed E-state index contributed by atoms with van der Waals surface area (Å²) in [5.41, 5.74) is 2.72. The van der Waals surface area contributed by atoms with E-state index in [9.17, 15) is 4.79 Å². The van der Waals surface area contributed by atoms with Gasteiger partial charge >= 0.3 is 5.97 Å². The van der Waals surface area contributed by atoms with E-state index in [1.807, 2.05) is 61.5 Å². The predicted octanol–water partition coefficient (Wildman–Crippen LogP) is 5.47. The molecule has 3 aromatic rings. The average Bonchev–Trinajstić information content (AvgIpc) is 3.21. The third kappa shape index (κ3) is 6.47. The lowest BCUT2D eigenvalue weighted by Gasteiger charge is -2.11. The molecule has 3 aromatic carbocycles. The molecule has 0 radical (unpaired) electrons. The summed E-state index contributed by atoms with van der Waals surface area (Å²) < 4.78 is 22.4. The number of aliphatic imine (C=N–C) groups is 1. The average molecular weight is 478 g/mol. The summed E-state index contributed by atoms with van der Waals surface area (Å²) >= 11 is 6.17. The van der Waals surface area contributed by atoms with Gasteiger partial charge in [0, 0.05) is 16.1 Å². The zero-order valence-electron chi connectivity index (χ0n) is 18.7. The van der Waals surface area contributed by atoms with Crippen LogP contribution in [-0.2, 0) is 14.3 Å². The van der Waals surface area contributed by atoms with E-state index in [-0.39, 0.29) is 11.6 Å². The standard InChI is InChI=1S/C27H24ClNO5/c1-19-7-10-23(11-8-19)32-15-13-31-14-16-33-25-12-9-22(28)17-21(25)18-24-27(30)34-26(29-24)20-5-3-2-4-6-20/h2-12,17-18H,13-16H2,1H3/b24-18-. The fraction of sp³-hybridized carbons (Fsp3) is 0.185. The number of halogens is 1. The van der Waals surface area contributed by atoms with E-state index in [1.165, 1.54) is 5.56 Å². The second-order valence-electron chi connectivity index (χ2n) is 7.51. The summed E-state index contributed by atoms with van der Waals surface area (Å²) in [4.78, 5) is 16.7. The number of carbonyl (C=O) groups is 1. The van der Waals surface area contributed by atoms with E-state index in [1.54, 1.807) is 24.3 Å². The van der Waals surface area contributed by atoms with Crippen LogP contribution < -0.4 is 9.47 Å². The highest BCUT2D eigenvalue weighted by Gasteiger charge is 2.24. The van der Waals surface area contributed by atoms with Crippen molar-refractivity contribution >= 4 is 29.5 Å². The van der Waals surface area contributed by atoms with Crippen molar-refractivity contribution in [3.8, 4) is 11.5 Å². The monoisotopic (exact) mass is 477 g/mol. The van der Waals surface area contributed by atoms with Gasteiger partial charge in [-0.25, -0.2) is 9.79 Å². The minimum Gasteiger partial charge on any atom is -0.491 e. The zero-order valence-corrected chi connectivity index (χ0v) is 19.5. The molecule has 0 saturated heterocycles. The molecule has 0 fully saturated rings. The number of cyclic esters (lactones) is 1. The smallest absolute Gasteiger partial charge is 0.363 e. The number of carbonyl (C=O) groups excluding carboxylic acids is 1. The minimum atomic E-state index is -0.526. The summed E-state index contributed by atoms with van der Waals surface area (Å²) in [6.07, 6.45) is 1.61. The largest absolute Gasteiger partial charge is 0.491 e. The van der Waals surface area contributed by atoms with Crippen LogP contribution in [0.5, 0.6) is 11.5 Å². The highest BCUT2D eigenvalue weighted by atomic mass is 35.5. The molecule has 4 rings (SSSR count). The van der Waals surface area contributed by atoms with E-state index in [2.05, 4.69) is 4.99 Å². The number of ether oxygens (including phenoxy) is 4. The molecule has 174 valence electrons. The van der Waals surface area contributed by atoms with Crippen molar-refractivity contribution < 1.29 is 23.7 Å². The quantitative estimate of drug-likeness (QED) is 0.220.